The highest BCUT2D eigenvalue weighted by atomic mass is 32.2. The molecule has 1 atom stereocenters. The smallest absolute Gasteiger partial charge is 0.208 e. The van der Waals surface area contributed by atoms with Crippen LogP contribution >= 0.6 is 11.8 Å². The van der Waals surface area contributed by atoms with Crippen LogP contribution in [0, 0.1) is 11.3 Å². The molecule has 0 aromatic heterocycles. The predicted molar refractivity (Wildman–Crippen MR) is 73.9 cm³/mol. The van der Waals surface area contributed by atoms with Crippen molar-refractivity contribution < 1.29 is 8.42 Å². The summed E-state index contributed by atoms with van der Waals surface area (Å²) in [4.78, 5) is 0.0449. The molecule has 0 saturated carbocycles. The van der Waals surface area contributed by atoms with Crippen molar-refractivity contribution in [2.45, 2.75) is 24.3 Å². The molecule has 0 aliphatic heterocycles. The molecule has 0 saturated heterocycles. The van der Waals surface area contributed by atoms with E-state index in [9.17, 15) is 8.42 Å². The maximum Gasteiger partial charge on any atom is 0.242 e. The molecule has 98 valence electrons. The summed E-state index contributed by atoms with van der Waals surface area (Å²) in [5.41, 5.74) is 0.169. The molecule has 0 fully saturated rings. The van der Waals surface area contributed by atoms with E-state index in [1.165, 1.54) is 12.1 Å². The lowest BCUT2D eigenvalue weighted by atomic mass is 10.2. The third kappa shape index (κ3) is 4.02. The zero-order valence-electron chi connectivity index (χ0n) is 10.4. The van der Waals surface area contributed by atoms with E-state index in [4.69, 9.17) is 5.26 Å². The Bertz CT molecular complexity index is 535. The number of nitriles is 1. The van der Waals surface area contributed by atoms with Gasteiger partial charge in [-0.05, 0) is 37.5 Å². The van der Waals surface area contributed by atoms with Gasteiger partial charge in [0.1, 0.15) is 6.07 Å². The Hall–Kier alpha value is -1.03. The van der Waals surface area contributed by atoms with Gasteiger partial charge in [0.2, 0.25) is 10.0 Å². The van der Waals surface area contributed by atoms with Gasteiger partial charge in [-0.3, -0.25) is 0 Å². The van der Waals surface area contributed by atoms with Crippen molar-refractivity contribution in [1.29, 1.82) is 5.26 Å². The second kappa shape index (κ2) is 6.78. The van der Waals surface area contributed by atoms with E-state index in [1.807, 2.05) is 19.2 Å². The molecule has 1 rings (SSSR count). The summed E-state index contributed by atoms with van der Waals surface area (Å²) in [5, 5.41) is 8.91. The predicted octanol–water partition coefficient (Wildman–Crippen LogP) is 1.98. The lowest BCUT2D eigenvalue weighted by Crippen LogP contribution is -2.33. The van der Waals surface area contributed by atoms with Crippen LogP contribution in [0.4, 0.5) is 0 Å². The first kappa shape index (κ1) is 15.0. The first-order valence-corrected chi connectivity index (χ1v) is 8.39. The molecule has 6 heteroatoms. The summed E-state index contributed by atoms with van der Waals surface area (Å²) >= 11 is 1.67. The standard InChI is InChI=1S/C12H16N2O2S2/c1-10(7-8-17-2)14-18(15,16)12-6-4-3-5-11(12)9-13/h3-6,10,14H,7-8H2,1-2H3. The number of hydrogen-bond acceptors (Lipinski definition) is 4. The van der Waals surface area contributed by atoms with Crippen LogP contribution in [-0.4, -0.2) is 26.5 Å². The van der Waals surface area contributed by atoms with Crippen LogP contribution in [0.25, 0.3) is 0 Å². The minimum absolute atomic E-state index is 0.0449. The van der Waals surface area contributed by atoms with E-state index in [0.29, 0.717) is 0 Å². The van der Waals surface area contributed by atoms with E-state index in [1.54, 1.807) is 23.9 Å². The van der Waals surface area contributed by atoms with Crippen LogP contribution in [0.5, 0.6) is 0 Å². The fourth-order valence-electron chi connectivity index (χ4n) is 1.48. The van der Waals surface area contributed by atoms with Crippen molar-refractivity contribution in [3.63, 3.8) is 0 Å². The van der Waals surface area contributed by atoms with Crippen molar-refractivity contribution >= 4 is 21.8 Å². The highest BCUT2D eigenvalue weighted by molar-refractivity contribution is 7.98. The summed E-state index contributed by atoms with van der Waals surface area (Å²) in [7, 11) is -3.61. The second-order valence-corrected chi connectivity index (χ2v) is 6.58. The molecule has 0 aliphatic rings. The molecule has 18 heavy (non-hydrogen) atoms. The van der Waals surface area contributed by atoms with Crippen LogP contribution < -0.4 is 4.72 Å². The molecule has 0 bridgehead atoms. The van der Waals surface area contributed by atoms with Crippen molar-refractivity contribution in [3.05, 3.63) is 29.8 Å². The van der Waals surface area contributed by atoms with Crippen LogP contribution in [0.1, 0.15) is 18.9 Å². The van der Waals surface area contributed by atoms with Gasteiger partial charge < -0.3 is 0 Å². The largest absolute Gasteiger partial charge is 0.242 e. The molecule has 0 aliphatic carbocycles. The van der Waals surface area contributed by atoms with Gasteiger partial charge in [0.25, 0.3) is 0 Å². The summed E-state index contributed by atoms with van der Waals surface area (Å²) < 4.78 is 26.8. The molecule has 1 aromatic rings. The fourth-order valence-corrected chi connectivity index (χ4v) is 3.50. The molecule has 0 spiro atoms. The quantitative estimate of drug-likeness (QED) is 0.867. The molecule has 0 amide bonds. The van der Waals surface area contributed by atoms with Crippen molar-refractivity contribution in [3.8, 4) is 6.07 Å². The van der Waals surface area contributed by atoms with Crippen molar-refractivity contribution in [1.82, 2.24) is 4.72 Å². The Morgan fingerprint density at radius 2 is 2.11 bits per heavy atom. The van der Waals surface area contributed by atoms with Gasteiger partial charge >= 0.3 is 0 Å². The Labute approximate surface area is 112 Å². The van der Waals surface area contributed by atoms with E-state index in [-0.39, 0.29) is 16.5 Å². The Balaban J connectivity index is 2.90. The Kier molecular flexibility index (Phi) is 5.66. The van der Waals surface area contributed by atoms with Crippen LogP contribution in [0.3, 0.4) is 0 Å². The topological polar surface area (TPSA) is 70.0 Å². The molecule has 4 nitrogen and oxygen atoms in total. The fraction of sp³-hybridized carbons (Fsp3) is 0.417. The number of sulfonamides is 1. The van der Waals surface area contributed by atoms with E-state index < -0.39 is 10.0 Å². The number of thioether (sulfide) groups is 1. The average molecular weight is 284 g/mol. The highest BCUT2D eigenvalue weighted by Crippen LogP contribution is 2.15. The van der Waals surface area contributed by atoms with Crippen molar-refractivity contribution in [2.75, 3.05) is 12.0 Å². The first-order valence-electron chi connectivity index (χ1n) is 5.51. The van der Waals surface area contributed by atoms with Gasteiger partial charge in [0, 0.05) is 6.04 Å². The molecule has 0 radical (unpaired) electrons. The maximum atomic E-state index is 12.1. The SMILES string of the molecule is CSCCC(C)NS(=O)(=O)c1ccccc1C#N. The molecular weight excluding hydrogens is 268 g/mol. The number of benzene rings is 1. The molecule has 1 N–H and O–H groups in total. The number of hydrogen-bond donors (Lipinski definition) is 1. The third-order valence-corrected chi connectivity index (χ3v) is 4.70. The van der Waals surface area contributed by atoms with Crippen LogP contribution in [0.15, 0.2) is 29.2 Å². The average Bonchev–Trinajstić information content (AvgIpc) is 2.35. The zero-order chi connectivity index (χ0) is 13.6. The molecule has 1 unspecified atom stereocenters. The van der Waals surface area contributed by atoms with Crippen molar-refractivity contribution in [2.24, 2.45) is 0 Å². The number of rotatable bonds is 6. The summed E-state index contributed by atoms with van der Waals surface area (Å²) in [5.74, 6) is 0.892. The van der Waals surface area contributed by atoms with Crippen LogP contribution in [0.2, 0.25) is 0 Å². The summed E-state index contributed by atoms with van der Waals surface area (Å²) in [6.45, 7) is 1.82. The second-order valence-electron chi connectivity index (χ2n) is 3.91. The normalized spacial score (nSPS) is 12.9. The monoisotopic (exact) mass is 284 g/mol. The highest BCUT2D eigenvalue weighted by Gasteiger charge is 2.20. The van der Waals surface area contributed by atoms with Gasteiger partial charge in [-0.25, -0.2) is 13.1 Å². The number of nitrogens with zero attached hydrogens (tertiary/aromatic N) is 1. The summed E-state index contributed by atoms with van der Waals surface area (Å²) in [6.07, 6.45) is 2.74. The van der Waals surface area contributed by atoms with Gasteiger partial charge in [-0.15, -0.1) is 0 Å². The molecular formula is C12H16N2O2S2. The van der Waals surface area contributed by atoms with Crippen LogP contribution in [-0.2, 0) is 10.0 Å². The van der Waals surface area contributed by atoms with Gasteiger partial charge in [-0.2, -0.15) is 17.0 Å². The minimum atomic E-state index is -3.61. The number of nitrogens with one attached hydrogen (secondary N) is 1. The first-order chi connectivity index (χ1) is 8.51. The zero-order valence-corrected chi connectivity index (χ0v) is 12.0. The Morgan fingerprint density at radius 3 is 2.72 bits per heavy atom. The van der Waals surface area contributed by atoms with E-state index >= 15 is 0 Å². The van der Waals surface area contributed by atoms with E-state index in [0.717, 1.165) is 12.2 Å². The lowest BCUT2D eigenvalue weighted by Gasteiger charge is -2.14. The van der Waals surface area contributed by atoms with Gasteiger partial charge in [0.05, 0.1) is 10.5 Å². The van der Waals surface area contributed by atoms with Gasteiger partial charge in [-0.1, -0.05) is 12.1 Å². The molecule has 1 aromatic carbocycles. The molecule has 0 heterocycles. The van der Waals surface area contributed by atoms with E-state index in [2.05, 4.69) is 4.72 Å². The minimum Gasteiger partial charge on any atom is -0.208 e. The Morgan fingerprint density at radius 1 is 1.44 bits per heavy atom. The summed E-state index contributed by atoms with van der Waals surface area (Å²) in [6, 6.07) is 7.96. The van der Waals surface area contributed by atoms with Gasteiger partial charge in [0.15, 0.2) is 0 Å². The maximum absolute atomic E-state index is 12.1. The lowest BCUT2D eigenvalue weighted by molar-refractivity contribution is 0.557. The third-order valence-electron chi connectivity index (χ3n) is 2.41.